The van der Waals surface area contributed by atoms with E-state index in [-0.39, 0.29) is 40.7 Å². The van der Waals surface area contributed by atoms with Gasteiger partial charge in [-0.25, -0.2) is 9.97 Å². The smallest absolute Gasteiger partial charge is 0.286 e. The quantitative estimate of drug-likeness (QED) is 0.189. The van der Waals surface area contributed by atoms with E-state index in [1.807, 2.05) is 33.8 Å². The topological polar surface area (TPSA) is 192 Å². The van der Waals surface area contributed by atoms with Gasteiger partial charge in [0.1, 0.15) is 29.7 Å². The molecule has 1 saturated carbocycles. The van der Waals surface area contributed by atoms with Gasteiger partial charge in [-0.1, -0.05) is 39.3 Å². The highest BCUT2D eigenvalue weighted by Gasteiger charge is 2.68. The Balaban J connectivity index is 0.907. The van der Waals surface area contributed by atoms with Crippen molar-refractivity contribution in [2.24, 2.45) is 16.6 Å². The summed E-state index contributed by atoms with van der Waals surface area (Å²) in [6, 6.07) is 9.92. The minimum Gasteiger partial charge on any atom is -0.494 e. The molecular weight excluding hydrogens is 764 g/mol. The first kappa shape index (κ1) is 40.6. The number of piperidine rings is 1. The van der Waals surface area contributed by atoms with E-state index in [0.717, 1.165) is 62.6 Å². The summed E-state index contributed by atoms with van der Waals surface area (Å²) in [5, 5.41) is 9.52. The van der Waals surface area contributed by atoms with Crippen LogP contribution in [0.25, 0.3) is 0 Å². The standard InChI is InChI=1S/C42H47ClN8O7/c1-41(2)39(42(3,4)40(41)58-28-9-8-25(22-44)31(43)21-28)51-33(52)13-12-32(38(51)56)50-36(54)29-11-10-27(20-30(29)37(50)55)57-19-7-5-6-14-48-15-17-49(18-16-48)26-23-46-35(34(45)53)47-24-26/h8-11,20-21,23-24,32,39-40H,5-7,12-19H2,1-4H3,(H2,45,53). The maximum Gasteiger partial charge on any atom is 0.286 e. The van der Waals surface area contributed by atoms with Gasteiger partial charge >= 0.3 is 0 Å². The number of rotatable bonds is 13. The molecule has 1 unspecified atom stereocenters. The number of nitrogens with zero attached hydrogens (tertiary/aromatic N) is 7. The van der Waals surface area contributed by atoms with Gasteiger partial charge in [0.25, 0.3) is 23.6 Å². The third-order valence-corrected chi connectivity index (χ3v) is 12.3. The first-order valence-electron chi connectivity index (χ1n) is 19.6. The van der Waals surface area contributed by atoms with Crippen LogP contribution < -0.4 is 20.1 Å². The number of primary amides is 1. The van der Waals surface area contributed by atoms with Crippen LogP contribution in [0, 0.1) is 22.2 Å². The van der Waals surface area contributed by atoms with Crippen LogP contribution in [0.15, 0.2) is 48.8 Å². The molecule has 1 aromatic heterocycles. The largest absolute Gasteiger partial charge is 0.494 e. The van der Waals surface area contributed by atoms with Crippen LogP contribution in [0.2, 0.25) is 5.02 Å². The molecule has 3 aromatic rings. The summed E-state index contributed by atoms with van der Waals surface area (Å²) < 4.78 is 12.4. The molecule has 0 radical (unpaired) electrons. The SMILES string of the molecule is CC1(C)C(Oc2ccc(C#N)c(Cl)c2)C(C)(C)C1N1C(=O)CCC(N2C(=O)c3ccc(OCCCCCN4CCN(c5cnc(C(N)=O)nc5)CC4)cc3C2=O)C1=O. The van der Waals surface area contributed by atoms with Gasteiger partial charge in [-0.3, -0.25) is 38.7 Å². The molecule has 3 fully saturated rings. The van der Waals surface area contributed by atoms with Crippen molar-refractivity contribution in [3.05, 3.63) is 76.3 Å². The number of nitrogens with two attached hydrogens (primary N) is 1. The number of fused-ring (bicyclic) bond motifs is 1. The number of amides is 5. The lowest BCUT2D eigenvalue weighted by Gasteiger charge is -2.65. The Morgan fingerprint density at radius 3 is 2.22 bits per heavy atom. The summed E-state index contributed by atoms with van der Waals surface area (Å²) in [5.41, 5.74) is 5.38. The number of imide groups is 2. The van der Waals surface area contributed by atoms with Gasteiger partial charge in [-0.05, 0) is 62.6 Å². The van der Waals surface area contributed by atoms with Crippen LogP contribution in [0.1, 0.15) is 96.7 Å². The number of hydrogen-bond donors (Lipinski definition) is 1. The summed E-state index contributed by atoms with van der Waals surface area (Å²) in [5.74, 6) is -1.81. The number of carbonyl (C=O) groups is 5. The zero-order valence-electron chi connectivity index (χ0n) is 33.1. The fraction of sp³-hybridized carbons (Fsp3) is 0.476. The number of nitriles is 1. The van der Waals surface area contributed by atoms with Gasteiger partial charge in [0.15, 0.2) is 0 Å². The first-order chi connectivity index (χ1) is 27.6. The molecule has 304 valence electrons. The third-order valence-electron chi connectivity index (χ3n) is 11.9. The van der Waals surface area contributed by atoms with E-state index in [0.29, 0.717) is 23.7 Å². The van der Waals surface area contributed by atoms with Gasteiger partial charge in [-0.15, -0.1) is 0 Å². The number of likely N-dealkylation sites (tertiary alicyclic amines) is 1. The average molecular weight is 811 g/mol. The molecule has 58 heavy (non-hydrogen) atoms. The second-order valence-electron chi connectivity index (χ2n) is 16.5. The van der Waals surface area contributed by atoms with E-state index in [4.69, 9.17) is 26.8 Å². The van der Waals surface area contributed by atoms with Crippen LogP contribution >= 0.6 is 11.6 Å². The van der Waals surface area contributed by atoms with E-state index < -0.39 is 52.6 Å². The van der Waals surface area contributed by atoms with Crippen LogP contribution in [0.5, 0.6) is 11.5 Å². The van der Waals surface area contributed by atoms with Gasteiger partial charge in [0.2, 0.25) is 11.7 Å². The third kappa shape index (κ3) is 7.46. The summed E-state index contributed by atoms with van der Waals surface area (Å²) in [6.07, 6.45) is 5.61. The van der Waals surface area contributed by atoms with Crippen LogP contribution in [-0.4, -0.2) is 112 Å². The Labute approximate surface area is 342 Å². The fourth-order valence-corrected chi connectivity index (χ4v) is 9.64. The number of carbonyl (C=O) groups excluding carboxylic acids is 5. The molecule has 5 amide bonds. The first-order valence-corrected chi connectivity index (χ1v) is 20.0. The average Bonchev–Trinajstić information content (AvgIpc) is 3.44. The minimum atomic E-state index is -1.13. The molecule has 3 aliphatic heterocycles. The lowest BCUT2D eigenvalue weighted by molar-refractivity contribution is -0.216. The molecule has 0 bridgehead atoms. The van der Waals surface area contributed by atoms with Gasteiger partial charge in [0, 0.05) is 49.5 Å². The summed E-state index contributed by atoms with van der Waals surface area (Å²) >= 11 is 6.26. The number of ether oxygens (including phenoxy) is 2. The lowest BCUT2D eigenvalue weighted by Crippen LogP contribution is -2.77. The Morgan fingerprint density at radius 1 is 0.897 bits per heavy atom. The van der Waals surface area contributed by atoms with Crippen LogP contribution in [0.4, 0.5) is 5.69 Å². The van der Waals surface area contributed by atoms with Gasteiger partial charge < -0.3 is 20.1 Å². The number of benzene rings is 2. The molecule has 1 atom stereocenters. The molecule has 0 spiro atoms. The highest BCUT2D eigenvalue weighted by molar-refractivity contribution is 6.31. The van der Waals surface area contributed by atoms with Crippen molar-refractivity contribution < 1.29 is 33.4 Å². The maximum absolute atomic E-state index is 14.3. The number of hydrogen-bond acceptors (Lipinski definition) is 12. The number of piperazine rings is 1. The monoisotopic (exact) mass is 810 g/mol. The molecule has 1 aliphatic carbocycles. The highest BCUT2D eigenvalue weighted by Crippen LogP contribution is 2.58. The molecule has 2 aromatic carbocycles. The van der Waals surface area contributed by atoms with E-state index in [1.165, 1.54) is 4.90 Å². The van der Waals surface area contributed by atoms with Crippen LogP contribution in [0.3, 0.4) is 0 Å². The summed E-state index contributed by atoms with van der Waals surface area (Å²) in [6.45, 7) is 12.5. The van der Waals surface area contributed by atoms with Crippen molar-refractivity contribution in [3.8, 4) is 17.6 Å². The highest BCUT2D eigenvalue weighted by atomic mass is 35.5. The normalized spacial score (nSPS) is 22.7. The summed E-state index contributed by atoms with van der Waals surface area (Å²) in [7, 11) is 0. The zero-order chi connectivity index (χ0) is 41.5. The summed E-state index contributed by atoms with van der Waals surface area (Å²) in [4.78, 5) is 81.5. The molecule has 15 nitrogen and oxygen atoms in total. The molecule has 4 aliphatic rings. The van der Waals surface area contributed by atoms with E-state index in [2.05, 4.69) is 19.8 Å². The van der Waals surface area contributed by atoms with E-state index >= 15 is 0 Å². The zero-order valence-corrected chi connectivity index (χ0v) is 33.8. The molecule has 2 N–H and O–H groups in total. The Hall–Kier alpha value is -5.59. The van der Waals surface area contributed by atoms with Crippen molar-refractivity contribution in [2.45, 2.75) is 78.0 Å². The van der Waals surface area contributed by atoms with Crippen molar-refractivity contribution in [3.63, 3.8) is 0 Å². The van der Waals surface area contributed by atoms with Crippen molar-refractivity contribution in [1.82, 2.24) is 24.7 Å². The van der Waals surface area contributed by atoms with Gasteiger partial charge in [0.05, 0.1) is 52.4 Å². The van der Waals surface area contributed by atoms with Crippen molar-refractivity contribution in [1.29, 1.82) is 5.26 Å². The number of halogens is 1. The second kappa shape index (κ2) is 16.0. The lowest BCUT2D eigenvalue weighted by atomic mass is 9.48. The number of aromatic nitrogens is 2. The Bertz CT molecular complexity index is 2160. The van der Waals surface area contributed by atoms with E-state index in [1.54, 1.807) is 48.8 Å². The number of unbranched alkanes of at least 4 members (excludes halogenated alkanes) is 2. The molecule has 7 rings (SSSR count). The Kier molecular flexibility index (Phi) is 11.2. The molecule has 16 heteroatoms. The Morgan fingerprint density at radius 2 is 1.57 bits per heavy atom. The van der Waals surface area contributed by atoms with Gasteiger partial charge in [-0.2, -0.15) is 5.26 Å². The molecule has 2 saturated heterocycles. The van der Waals surface area contributed by atoms with E-state index in [9.17, 15) is 29.2 Å². The fourth-order valence-electron chi connectivity index (χ4n) is 9.43. The van der Waals surface area contributed by atoms with Crippen molar-refractivity contribution in [2.75, 3.05) is 44.2 Å². The maximum atomic E-state index is 14.3. The number of anilines is 1. The minimum absolute atomic E-state index is 0.00269. The van der Waals surface area contributed by atoms with Crippen molar-refractivity contribution >= 4 is 46.8 Å². The predicted molar refractivity (Wildman–Crippen MR) is 212 cm³/mol. The molecular formula is C42H47ClN8O7. The molecule has 4 heterocycles. The second-order valence-corrected chi connectivity index (χ2v) is 16.9. The van der Waals surface area contributed by atoms with Crippen LogP contribution in [-0.2, 0) is 9.59 Å². The predicted octanol–water partition coefficient (Wildman–Crippen LogP) is 4.47.